The minimum atomic E-state index is -0.0706. The first kappa shape index (κ1) is 19.0. The van der Waals surface area contributed by atoms with Gasteiger partial charge < -0.3 is 19.4 Å². The van der Waals surface area contributed by atoms with E-state index in [4.69, 9.17) is 9.15 Å². The van der Waals surface area contributed by atoms with Crippen molar-refractivity contribution in [1.29, 1.82) is 0 Å². The Balaban J connectivity index is 1.49. The zero-order valence-electron chi connectivity index (χ0n) is 15.8. The van der Waals surface area contributed by atoms with E-state index in [0.29, 0.717) is 38.1 Å². The highest BCUT2D eigenvalue weighted by molar-refractivity contribution is 5.94. The molecule has 3 rings (SSSR count). The topological polar surface area (TPSA) is 71.8 Å². The summed E-state index contributed by atoms with van der Waals surface area (Å²) in [5.41, 5.74) is 1.60. The largest absolute Gasteiger partial charge is 0.494 e. The Bertz CT molecular complexity index is 747. The molecule has 2 amide bonds. The van der Waals surface area contributed by atoms with Gasteiger partial charge in [0.15, 0.2) is 0 Å². The summed E-state index contributed by atoms with van der Waals surface area (Å²) in [6.45, 7) is 5.72. The number of benzene rings is 1. The number of carbonyl (C=O) groups is 2. The van der Waals surface area contributed by atoms with Gasteiger partial charge >= 0.3 is 0 Å². The fourth-order valence-electron chi connectivity index (χ4n) is 3.35. The SMILES string of the molecule is CCOc1ccc(C(C)NC(=O)C2CCN(C(=O)c3ccoc3)CC2)cc1. The molecule has 0 spiro atoms. The molecule has 1 aromatic carbocycles. The standard InChI is InChI=1S/C21H26N2O4/c1-3-27-19-6-4-16(5-7-19)15(2)22-20(24)17-8-11-23(12-9-17)21(25)18-10-13-26-14-18/h4-7,10,13-15,17H,3,8-9,11-12H2,1-2H3,(H,22,24). The molecule has 1 N–H and O–H groups in total. The van der Waals surface area contributed by atoms with Crippen LogP contribution in [-0.2, 0) is 4.79 Å². The van der Waals surface area contributed by atoms with Crippen LogP contribution in [0, 0.1) is 5.92 Å². The van der Waals surface area contributed by atoms with Gasteiger partial charge in [-0.3, -0.25) is 9.59 Å². The van der Waals surface area contributed by atoms with Crippen molar-refractivity contribution < 1.29 is 18.7 Å². The minimum absolute atomic E-state index is 0.0367. The monoisotopic (exact) mass is 370 g/mol. The Kier molecular flexibility index (Phi) is 6.16. The molecule has 144 valence electrons. The predicted molar refractivity (Wildman–Crippen MR) is 102 cm³/mol. The summed E-state index contributed by atoms with van der Waals surface area (Å²) in [5, 5.41) is 3.09. The Morgan fingerprint density at radius 1 is 1.22 bits per heavy atom. The van der Waals surface area contributed by atoms with Gasteiger partial charge in [-0.25, -0.2) is 0 Å². The van der Waals surface area contributed by atoms with Crippen molar-refractivity contribution in [3.63, 3.8) is 0 Å². The maximum atomic E-state index is 12.6. The van der Waals surface area contributed by atoms with Crippen LogP contribution in [0.15, 0.2) is 47.3 Å². The van der Waals surface area contributed by atoms with Crippen LogP contribution in [0.5, 0.6) is 5.75 Å². The van der Waals surface area contributed by atoms with E-state index >= 15 is 0 Å². The quantitative estimate of drug-likeness (QED) is 0.846. The second-order valence-electron chi connectivity index (χ2n) is 6.81. The van der Waals surface area contributed by atoms with Crippen LogP contribution in [0.2, 0.25) is 0 Å². The van der Waals surface area contributed by atoms with Gasteiger partial charge in [0.1, 0.15) is 12.0 Å². The molecule has 1 saturated heterocycles. The van der Waals surface area contributed by atoms with Crippen LogP contribution >= 0.6 is 0 Å². The van der Waals surface area contributed by atoms with Crippen molar-refractivity contribution in [3.05, 3.63) is 54.0 Å². The number of likely N-dealkylation sites (tertiary alicyclic amines) is 1. The summed E-state index contributed by atoms with van der Waals surface area (Å²) in [4.78, 5) is 26.7. The molecule has 1 atom stereocenters. The molecule has 2 aromatic rings. The lowest BCUT2D eigenvalue weighted by Gasteiger charge is -2.31. The molecule has 27 heavy (non-hydrogen) atoms. The van der Waals surface area contributed by atoms with Crippen LogP contribution < -0.4 is 10.1 Å². The fraction of sp³-hybridized carbons (Fsp3) is 0.429. The highest BCUT2D eigenvalue weighted by Crippen LogP contribution is 2.22. The highest BCUT2D eigenvalue weighted by atomic mass is 16.5. The normalized spacial score (nSPS) is 16.0. The van der Waals surface area contributed by atoms with E-state index in [-0.39, 0.29) is 23.8 Å². The smallest absolute Gasteiger partial charge is 0.257 e. The number of nitrogens with zero attached hydrogens (tertiary/aromatic N) is 1. The average Bonchev–Trinajstić information content (AvgIpc) is 3.23. The lowest BCUT2D eigenvalue weighted by molar-refractivity contribution is -0.126. The number of nitrogens with one attached hydrogen (secondary N) is 1. The maximum Gasteiger partial charge on any atom is 0.257 e. The fourth-order valence-corrected chi connectivity index (χ4v) is 3.35. The number of rotatable bonds is 6. The molecular weight excluding hydrogens is 344 g/mol. The first-order chi connectivity index (χ1) is 13.1. The van der Waals surface area contributed by atoms with E-state index in [1.807, 2.05) is 38.1 Å². The maximum absolute atomic E-state index is 12.6. The second-order valence-corrected chi connectivity index (χ2v) is 6.81. The molecule has 0 aliphatic carbocycles. The minimum Gasteiger partial charge on any atom is -0.494 e. The first-order valence-corrected chi connectivity index (χ1v) is 9.43. The zero-order valence-corrected chi connectivity index (χ0v) is 15.8. The van der Waals surface area contributed by atoms with Gasteiger partial charge in [0.2, 0.25) is 5.91 Å². The van der Waals surface area contributed by atoms with E-state index in [0.717, 1.165) is 11.3 Å². The van der Waals surface area contributed by atoms with Crippen LogP contribution in [-0.4, -0.2) is 36.4 Å². The van der Waals surface area contributed by atoms with Gasteiger partial charge in [-0.15, -0.1) is 0 Å². The second kappa shape index (κ2) is 8.75. The Hall–Kier alpha value is -2.76. The molecule has 0 bridgehead atoms. The summed E-state index contributed by atoms with van der Waals surface area (Å²) in [6.07, 6.45) is 4.30. The lowest BCUT2D eigenvalue weighted by atomic mass is 9.95. The highest BCUT2D eigenvalue weighted by Gasteiger charge is 2.28. The van der Waals surface area contributed by atoms with E-state index in [2.05, 4.69) is 5.32 Å². The summed E-state index contributed by atoms with van der Waals surface area (Å²) >= 11 is 0. The van der Waals surface area contributed by atoms with Crippen molar-refractivity contribution in [2.75, 3.05) is 19.7 Å². The van der Waals surface area contributed by atoms with E-state index < -0.39 is 0 Å². The Morgan fingerprint density at radius 3 is 2.52 bits per heavy atom. The molecule has 0 saturated carbocycles. The van der Waals surface area contributed by atoms with E-state index in [1.165, 1.54) is 12.5 Å². The molecule has 2 heterocycles. The number of furan rings is 1. The van der Waals surface area contributed by atoms with Crippen molar-refractivity contribution in [2.45, 2.75) is 32.7 Å². The van der Waals surface area contributed by atoms with Gasteiger partial charge in [-0.1, -0.05) is 12.1 Å². The zero-order chi connectivity index (χ0) is 19.2. The van der Waals surface area contributed by atoms with Crippen molar-refractivity contribution in [1.82, 2.24) is 10.2 Å². The molecule has 0 radical (unpaired) electrons. The van der Waals surface area contributed by atoms with Crippen LogP contribution in [0.3, 0.4) is 0 Å². The van der Waals surface area contributed by atoms with Crippen LogP contribution in [0.1, 0.15) is 48.7 Å². The number of amides is 2. The van der Waals surface area contributed by atoms with Crippen LogP contribution in [0.4, 0.5) is 0 Å². The Morgan fingerprint density at radius 2 is 1.93 bits per heavy atom. The number of hydrogen-bond donors (Lipinski definition) is 1. The third-order valence-electron chi connectivity index (χ3n) is 4.97. The summed E-state index contributed by atoms with van der Waals surface area (Å²) in [7, 11) is 0. The third-order valence-corrected chi connectivity index (χ3v) is 4.97. The van der Waals surface area contributed by atoms with Crippen molar-refractivity contribution in [3.8, 4) is 5.75 Å². The molecule has 1 fully saturated rings. The van der Waals surface area contributed by atoms with Crippen molar-refractivity contribution in [2.24, 2.45) is 5.92 Å². The van der Waals surface area contributed by atoms with E-state index in [9.17, 15) is 9.59 Å². The number of piperidine rings is 1. The van der Waals surface area contributed by atoms with Gasteiger partial charge in [-0.05, 0) is 50.5 Å². The summed E-state index contributed by atoms with van der Waals surface area (Å²) < 4.78 is 10.4. The summed E-state index contributed by atoms with van der Waals surface area (Å²) in [6, 6.07) is 9.38. The van der Waals surface area contributed by atoms with Gasteiger partial charge in [0.05, 0.1) is 24.5 Å². The average molecular weight is 370 g/mol. The number of carbonyl (C=O) groups excluding carboxylic acids is 2. The molecule has 1 aromatic heterocycles. The van der Waals surface area contributed by atoms with Crippen LogP contribution in [0.25, 0.3) is 0 Å². The predicted octanol–water partition coefficient (Wildman–Crippen LogP) is 3.41. The third kappa shape index (κ3) is 4.70. The van der Waals surface area contributed by atoms with Gasteiger partial charge in [0.25, 0.3) is 5.91 Å². The molecule has 1 aliphatic heterocycles. The van der Waals surface area contributed by atoms with Gasteiger partial charge in [-0.2, -0.15) is 0 Å². The van der Waals surface area contributed by atoms with Gasteiger partial charge in [0, 0.05) is 19.0 Å². The molecule has 1 unspecified atom stereocenters. The number of hydrogen-bond acceptors (Lipinski definition) is 4. The molecule has 6 nitrogen and oxygen atoms in total. The Labute approximate surface area is 159 Å². The molecule has 1 aliphatic rings. The van der Waals surface area contributed by atoms with E-state index in [1.54, 1.807) is 11.0 Å². The molecule has 6 heteroatoms. The number of ether oxygens (including phenoxy) is 1. The lowest BCUT2D eigenvalue weighted by Crippen LogP contribution is -2.43. The van der Waals surface area contributed by atoms with Crippen molar-refractivity contribution >= 4 is 11.8 Å². The first-order valence-electron chi connectivity index (χ1n) is 9.43. The summed E-state index contributed by atoms with van der Waals surface area (Å²) in [5.74, 6) is 0.773. The molecular formula is C21H26N2O4.